The average molecular weight is 603 g/mol. The maximum Gasteiger partial charge on any atom is 0.338 e. The molecule has 42 heavy (non-hydrogen) atoms. The number of carbonyl (C=O) groups excluding carboxylic acids is 1. The molecule has 1 aromatic heterocycles. The maximum atomic E-state index is 13.9. The highest BCUT2D eigenvalue weighted by Crippen LogP contribution is 2.31. The number of fused-ring (bicyclic) bond motifs is 1. The Labute approximate surface area is 253 Å². The summed E-state index contributed by atoms with van der Waals surface area (Å²) in [6.45, 7) is 8.10. The molecule has 0 saturated heterocycles. The van der Waals surface area contributed by atoms with Crippen molar-refractivity contribution >= 4 is 35.0 Å². The van der Waals surface area contributed by atoms with Crippen LogP contribution in [0.1, 0.15) is 47.7 Å². The van der Waals surface area contributed by atoms with Gasteiger partial charge in [0.1, 0.15) is 18.1 Å². The third-order valence-corrected chi connectivity index (χ3v) is 8.48. The van der Waals surface area contributed by atoms with Crippen molar-refractivity contribution < 1.29 is 19.0 Å². The van der Waals surface area contributed by atoms with E-state index in [-0.39, 0.29) is 12.2 Å². The minimum atomic E-state index is -0.697. The summed E-state index contributed by atoms with van der Waals surface area (Å²) in [6.07, 6.45) is 1.83. The molecule has 1 atom stereocenters. The minimum Gasteiger partial charge on any atom is -0.496 e. The zero-order chi connectivity index (χ0) is 30.0. The smallest absolute Gasteiger partial charge is 0.338 e. The topological polar surface area (TPSA) is 79.1 Å². The van der Waals surface area contributed by atoms with E-state index in [0.29, 0.717) is 38.0 Å². The van der Waals surface area contributed by atoms with E-state index < -0.39 is 12.0 Å². The van der Waals surface area contributed by atoms with Crippen molar-refractivity contribution in [3.8, 4) is 11.5 Å². The van der Waals surface area contributed by atoms with E-state index in [1.807, 2.05) is 68.5 Å². The molecular weight excluding hydrogens is 572 g/mol. The quantitative estimate of drug-likeness (QED) is 0.243. The van der Waals surface area contributed by atoms with Gasteiger partial charge in [0.05, 0.1) is 35.6 Å². The van der Waals surface area contributed by atoms with Crippen LogP contribution in [0.3, 0.4) is 0 Å². The first-order valence-corrected chi connectivity index (χ1v) is 14.7. The SMILES string of the molecule is CCOC(=O)C1=C(C)N=c2s/c(=C/c3ccc(OC)c(COc4cccc(C)c4C)c3)c(=O)n2[C@H]1c1ccc(Cl)cc1. The van der Waals surface area contributed by atoms with Crippen molar-refractivity contribution in [3.63, 3.8) is 0 Å². The number of esters is 1. The van der Waals surface area contributed by atoms with Crippen molar-refractivity contribution in [2.24, 2.45) is 4.99 Å². The van der Waals surface area contributed by atoms with Gasteiger partial charge in [0.15, 0.2) is 4.80 Å². The summed E-state index contributed by atoms with van der Waals surface area (Å²) < 4.78 is 19.1. The van der Waals surface area contributed by atoms with Crippen molar-refractivity contribution in [1.29, 1.82) is 0 Å². The molecule has 2 heterocycles. The summed E-state index contributed by atoms with van der Waals surface area (Å²) in [6, 6.07) is 18.1. The van der Waals surface area contributed by atoms with E-state index in [4.69, 9.17) is 25.8 Å². The molecule has 1 aliphatic heterocycles. The second-order valence-electron chi connectivity index (χ2n) is 9.91. The Morgan fingerprint density at radius 2 is 1.83 bits per heavy atom. The first-order valence-electron chi connectivity index (χ1n) is 13.5. The summed E-state index contributed by atoms with van der Waals surface area (Å²) in [4.78, 5) is 32.1. The molecule has 3 aromatic carbocycles. The Bertz CT molecular complexity index is 1870. The molecule has 216 valence electrons. The second-order valence-corrected chi connectivity index (χ2v) is 11.4. The lowest BCUT2D eigenvalue weighted by Crippen LogP contribution is -2.39. The van der Waals surface area contributed by atoms with Crippen LogP contribution in [-0.4, -0.2) is 24.3 Å². The van der Waals surface area contributed by atoms with Crippen LogP contribution in [0.5, 0.6) is 11.5 Å². The number of aromatic nitrogens is 1. The van der Waals surface area contributed by atoms with Crippen LogP contribution in [0.2, 0.25) is 5.02 Å². The fraction of sp³-hybridized carbons (Fsp3) is 0.242. The van der Waals surface area contributed by atoms with Crippen LogP contribution in [0.25, 0.3) is 6.08 Å². The first-order chi connectivity index (χ1) is 20.2. The molecule has 0 bridgehead atoms. The van der Waals surface area contributed by atoms with Gasteiger partial charge in [-0.3, -0.25) is 9.36 Å². The average Bonchev–Trinajstić information content (AvgIpc) is 3.27. The predicted molar refractivity (Wildman–Crippen MR) is 165 cm³/mol. The Morgan fingerprint density at radius 3 is 2.55 bits per heavy atom. The summed E-state index contributed by atoms with van der Waals surface area (Å²) in [5.74, 6) is 0.999. The molecule has 1 aliphatic rings. The van der Waals surface area contributed by atoms with Crippen LogP contribution in [0.15, 0.2) is 81.7 Å². The summed E-state index contributed by atoms with van der Waals surface area (Å²) >= 11 is 7.42. The van der Waals surface area contributed by atoms with Crippen molar-refractivity contribution in [2.75, 3.05) is 13.7 Å². The number of rotatable bonds is 8. The van der Waals surface area contributed by atoms with E-state index in [2.05, 4.69) is 4.99 Å². The number of allylic oxidation sites excluding steroid dienone is 1. The summed E-state index contributed by atoms with van der Waals surface area (Å²) in [5.41, 5.74) is 5.22. The van der Waals surface area contributed by atoms with Crippen LogP contribution in [-0.2, 0) is 16.1 Å². The zero-order valence-electron chi connectivity index (χ0n) is 24.1. The number of thiazole rings is 1. The van der Waals surface area contributed by atoms with Crippen molar-refractivity contribution in [3.05, 3.63) is 124 Å². The fourth-order valence-corrected chi connectivity index (χ4v) is 6.11. The third-order valence-electron chi connectivity index (χ3n) is 7.24. The van der Waals surface area contributed by atoms with Gasteiger partial charge < -0.3 is 14.2 Å². The number of ether oxygens (including phenoxy) is 3. The number of hydrogen-bond donors (Lipinski definition) is 0. The number of methoxy groups -OCH3 is 1. The van der Waals surface area contributed by atoms with Gasteiger partial charge in [-0.15, -0.1) is 0 Å². The molecule has 5 rings (SSSR count). The molecule has 0 radical (unpaired) electrons. The van der Waals surface area contributed by atoms with Crippen LogP contribution in [0, 0.1) is 13.8 Å². The summed E-state index contributed by atoms with van der Waals surface area (Å²) in [7, 11) is 1.62. The Morgan fingerprint density at radius 1 is 1.07 bits per heavy atom. The van der Waals surface area contributed by atoms with E-state index in [1.165, 1.54) is 11.3 Å². The van der Waals surface area contributed by atoms with Gasteiger partial charge in [0.2, 0.25) is 0 Å². The zero-order valence-corrected chi connectivity index (χ0v) is 25.6. The van der Waals surface area contributed by atoms with Gasteiger partial charge in [0.25, 0.3) is 5.56 Å². The van der Waals surface area contributed by atoms with Gasteiger partial charge in [-0.2, -0.15) is 0 Å². The number of aryl methyl sites for hydroxylation is 1. The predicted octanol–water partition coefficient (Wildman–Crippen LogP) is 5.66. The molecule has 0 unspecified atom stereocenters. The molecule has 0 amide bonds. The third kappa shape index (κ3) is 5.78. The largest absolute Gasteiger partial charge is 0.496 e. The molecular formula is C33H31ClN2O5S. The molecule has 0 N–H and O–H groups in total. The molecule has 0 fully saturated rings. The van der Waals surface area contributed by atoms with Crippen molar-refractivity contribution in [2.45, 2.75) is 40.3 Å². The number of benzene rings is 3. The highest BCUT2D eigenvalue weighted by molar-refractivity contribution is 7.07. The number of hydrogen-bond acceptors (Lipinski definition) is 7. The molecule has 9 heteroatoms. The number of nitrogens with zero attached hydrogens (tertiary/aromatic N) is 2. The molecule has 4 aromatic rings. The van der Waals surface area contributed by atoms with Crippen LogP contribution >= 0.6 is 22.9 Å². The Kier molecular flexibility index (Phi) is 8.66. The van der Waals surface area contributed by atoms with Crippen LogP contribution in [0.4, 0.5) is 0 Å². The lowest BCUT2D eigenvalue weighted by molar-refractivity contribution is -0.139. The molecule has 0 aliphatic carbocycles. The maximum absolute atomic E-state index is 13.9. The molecule has 0 saturated carbocycles. The second kappa shape index (κ2) is 12.4. The molecule has 0 spiro atoms. The number of carbonyl (C=O) groups is 1. The van der Waals surface area contributed by atoms with Gasteiger partial charge >= 0.3 is 5.97 Å². The van der Waals surface area contributed by atoms with Gasteiger partial charge in [0, 0.05) is 10.6 Å². The van der Waals surface area contributed by atoms with Gasteiger partial charge in [-0.25, -0.2) is 9.79 Å². The standard InChI is InChI=1S/C33H31ClN2O5S/c1-6-40-32(38)29-21(4)35-33-36(30(29)23-11-13-25(34)14-12-23)31(37)28(42-33)17-22-10-15-27(39-5)24(16-22)18-41-26-9-7-8-19(2)20(26)3/h7-17,30H,6,18H2,1-5H3/b28-17+/t30-/m0/s1. The van der Waals surface area contributed by atoms with Gasteiger partial charge in [-0.05, 0) is 86.4 Å². The normalized spacial score (nSPS) is 14.8. The lowest BCUT2D eigenvalue weighted by Gasteiger charge is -2.24. The van der Waals surface area contributed by atoms with E-state index in [9.17, 15) is 9.59 Å². The highest BCUT2D eigenvalue weighted by atomic mass is 35.5. The fourth-order valence-electron chi connectivity index (χ4n) is 4.94. The first kappa shape index (κ1) is 29.4. The van der Waals surface area contributed by atoms with Crippen LogP contribution < -0.4 is 24.4 Å². The van der Waals surface area contributed by atoms with E-state index in [1.54, 1.807) is 37.7 Å². The van der Waals surface area contributed by atoms with Crippen molar-refractivity contribution in [1.82, 2.24) is 4.57 Å². The van der Waals surface area contributed by atoms with E-state index in [0.717, 1.165) is 33.6 Å². The summed E-state index contributed by atoms with van der Waals surface area (Å²) in [5, 5.41) is 0.557. The number of halogens is 1. The lowest BCUT2D eigenvalue weighted by atomic mass is 9.96. The highest BCUT2D eigenvalue weighted by Gasteiger charge is 2.33. The minimum absolute atomic E-state index is 0.209. The Balaban J connectivity index is 1.57. The Hall–Kier alpha value is -4.14. The van der Waals surface area contributed by atoms with Gasteiger partial charge in [-0.1, -0.05) is 53.3 Å². The van der Waals surface area contributed by atoms with E-state index >= 15 is 0 Å². The molecule has 7 nitrogen and oxygen atoms in total. The monoisotopic (exact) mass is 602 g/mol.